The van der Waals surface area contributed by atoms with Gasteiger partial charge in [0, 0.05) is 37.4 Å². The van der Waals surface area contributed by atoms with Crippen molar-refractivity contribution in [2.45, 2.75) is 142 Å². The average molecular weight is 838 g/mol. The molecule has 3 amide bonds. The number of fused-ring (bicyclic) bond motifs is 2. The van der Waals surface area contributed by atoms with E-state index in [1.165, 1.54) is 11.3 Å². The first kappa shape index (κ1) is 43.4. The van der Waals surface area contributed by atoms with Crippen molar-refractivity contribution in [3.8, 4) is 0 Å². The molecular formula is C40H58Cl2N4O7SSi. The molecule has 15 heteroatoms. The Labute approximate surface area is 341 Å². The zero-order valence-corrected chi connectivity index (χ0v) is 37.5. The number of thiazole rings is 1. The Morgan fingerprint density at radius 2 is 1.60 bits per heavy atom. The molecule has 0 radical (unpaired) electrons. The van der Waals surface area contributed by atoms with Gasteiger partial charge in [-0.25, -0.2) is 14.6 Å². The van der Waals surface area contributed by atoms with E-state index in [2.05, 4.69) is 33.9 Å². The van der Waals surface area contributed by atoms with Crippen molar-refractivity contribution in [1.29, 1.82) is 0 Å². The van der Waals surface area contributed by atoms with Crippen molar-refractivity contribution in [2.24, 2.45) is 0 Å². The predicted octanol–water partition coefficient (Wildman–Crippen LogP) is 9.56. The fourth-order valence-corrected chi connectivity index (χ4v) is 8.82. The van der Waals surface area contributed by atoms with Gasteiger partial charge in [-0.1, -0.05) is 56.1 Å². The van der Waals surface area contributed by atoms with Gasteiger partial charge in [0.1, 0.15) is 16.2 Å². The summed E-state index contributed by atoms with van der Waals surface area (Å²) in [6.07, 6.45) is 2.72. The molecule has 11 nitrogen and oxygen atoms in total. The molecule has 55 heavy (non-hydrogen) atoms. The Hall–Kier alpha value is -2.68. The van der Waals surface area contributed by atoms with Gasteiger partial charge in [0.25, 0.3) is 5.91 Å². The highest BCUT2D eigenvalue weighted by molar-refractivity contribution is 7.12. The maximum atomic E-state index is 15.3. The highest BCUT2D eigenvalue weighted by Crippen LogP contribution is 2.44. The number of piperazine rings is 1. The number of carbonyl (C=O) groups excluding carboxylic acids is 3. The minimum Gasteiger partial charge on any atom is -0.444 e. The molecule has 304 valence electrons. The van der Waals surface area contributed by atoms with Crippen LogP contribution in [0.15, 0.2) is 30.0 Å². The van der Waals surface area contributed by atoms with Crippen molar-refractivity contribution in [3.05, 3.63) is 55.5 Å². The van der Waals surface area contributed by atoms with Crippen LogP contribution in [0.1, 0.15) is 97.0 Å². The molecule has 1 unspecified atom stereocenters. The summed E-state index contributed by atoms with van der Waals surface area (Å²) < 4.78 is 24.1. The summed E-state index contributed by atoms with van der Waals surface area (Å²) in [5.74, 6) is -0.231. The monoisotopic (exact) mass is 836 g/mol. The lowest BCUT2D eigenvalue weighted by molar-refractivity contribution is -0.129. The number of carbonyl (C=O) groups is 3. The summed E-state index contributed by atoms with van der Waals surface area (Å²) in [6, 6.07) is 4.08. The number of rotatable bonds is 11. The van der Waals surface area contributed by atoms with Crippen LogP contribution in [0, 0.1) is 0 Å². The Balaban J connectivity index is 1.52. The fourth-order valence-electron chi connectivity index (χ4n) is 6.49. The second-order valence-corrected chi connectivity index (χ2v) is 24.9. The van der Waals surface area contributed by atoms with Crippen LogP contribution in [-0.4, -0.2) is 102 Å². The van der Waals surface area contributed by atoms with E-state index in [4.69, 9.17) is 46.8 Å². The van der Waals surface area contributed by atoms with Gasteiger partial charge in [0.05, 0.1) is 46.8 Å². The number of hydrogen-bond donors (Lipinski definition) is 0. The zero-order chi connectivity index (χ0) is 40.7. The number of amides is 3. The maximum absolute atomic E-state index is 15.3. The van der Waals surface area contributed by atoms with Crippen LogP contribution in [0.4, 0.5) is 9.59 Å². The van der Waals surface area contributed by atoms with Crippen LogP contribution in [0.2, 0.25) is 28.2 Å². The van der Waals surface area contributed by atoms with E-state index in [9.17, 15) is 9.59 Å². The summed E-state index contributed by atoms with van der Waals surface area (Å²) in [7, 11) is -1.90. The normalized spacial score (nSPS) is 19.4. The Kier molecular flexibility index (Phi) is 13.2. The SMILES string of the molecule is CC(C)(C)OC(=O)N1CC2CC(c3cnc(COCCO[Si](C)(C)C(C)(C)C)s3)=C(C(=O)N(Cc3cccc(Cl)c3Cl)C3CC3)[C@@H](C1)N2C(=O)OC(C)(C)C. The van der Waals surface area contributed by atoms with E-state index < -0.39 is 43.8 Å². The number of benzene rings is 1. The molecule has 2 fully saturated rings. The highest BCUT2D eigenvalue weighted by atomic mass is 35.5. The highest BCUT2D eigenvalue weighted by Gasteiger charge is 2.51. The smallest absolute Gasteiger partial charge is 0.411 e. The number of hydrogen-bond acceptors (Lipinski definition) is 9. The molecule has 3 heterocycles. The lowest BCUT2D eigenvalue weighted by atomic mass is 9.83. The number of nitrogens with zero attached hydrogens (tertiary/aromatic N) is 4. The summed E-state index contributed by atoms with van der Waals surface area (Å²) in [6.45, 7) is 23.7. The molecule has 2 aromatic rings. The first-order valence-corrected chi connectivity index (χ1v) is 23.6. The third kappa shape index (κ3) is 10.8. The molecule has 0 N–H and O–H groups in total. The topological polar surface area (TPSA) is 111 Å². The van der Waals surface area contributed by atoms with Crippen LogP contribution in [-0.2, 0) is 36.6 Å². The number of halogens is 2. The summed E-state index contributed by atoms with van der Waals surface area (Å²) in [4.78, 5) is 53.6. The minimum absolute atomic E-state index is 0.0199. The Morgan fingerprint density at radius 3 is 2.22 bits per heavy atom. The maximum Gasteiger partial charge on any atom is 0.411 e. The predicted molar refractivity (Wildman–Crippen MR) is 220 cm³/mol. The van der Waals surface area contributed by atoms with Crippen molar-refractivity contribution in [2.75, 3.05) is 26.3 Å². The molecule has 2 bridgehead atoms. The van der Waals surface area contributed by atoms with Crippen LogP contribution in [0.3, 0.4) is 0 Å². The molecule has 1 saturated heterocycles. The van der Waals surface area contributed by atoms with Gasteiger partial charge in [-0.15, -0.1) is 11.3 Å². The third-order valence-corrected chi connectivity index (χ3v) is 16.8. The first-order chi connectivity index (χ1) is 25.5. The van der Waals surface area contributed by atoms with Crippen LogP contribution < -0.4 is 0 Å². The lowest BCUT2D eigenvalue weighted by Crippen LogP contribution is -2.66. The van der Waals surface area contributed by atoms with Crippen molar-refractivity contribution in [3.63, 3.8) is 0 Å². The van der Waals surface area contributed by atoms with Gasteiger partial charge in [0.15, 0.2) is 8.32 Å². The van der Waals surface area contributed by atoms with Gasteiger partial charge in [0.2, 0.25) is 0 Å². The van der Waals surface area contributed by atoms with Gasteiger partial charge in [-0.05, 0) is 96.1 Å². The van der Waals surface area contributed by atoms with Gasteiger partial charge >= 0.3 is 12.2 Å². The summed E-state index contributed by atoms with van der Waals surface area (Å²) in [5, 5.41) is 1.68. The lowest BCUT2D eigenvalue weighted by Gasteiger charge is -2.51. The van der Waals surface area contributed by atoms with E-state index in [0.29, 0.717) is 41.9 Å². The Morgan fingerprint density at radius 1 is 0.945 bits per heavy atom. The number of ether oxygens (including phenoxy) is 3. The van der Waals surface area contributed by atoms with Crippen LogP contribution in [0.5, 0.6) is 0 Å². The molecule has 1 aliphatic carbocycles. The van der Waals surface area contributed by atoms with E-state index >= 15 is 4.79 Å². The quantitative estimate of drug-likeness (QED) is 0.163. The second-order valence-electron chi connectivity index (χ2n) is 18.2. The van der Waals surface area contributed by atoms with Crippen LogP contribution >= 0.6 is 34.5 Å². The first-order valence-electron chi connectivity index (χ1n) is 19.1. The fraction of sp³-hybridized carbons (Fsp3) is 0.650. The van der Waals surface area contributed by atoms with Crippen LogP contribution in [0.25, 0.3) is 5.57 Å². The van der Waals surface area contributed by atoms with Crippen molar-refractivity contribution >= 4 is 66.5 Å². The van der Waals surface area contributed by atoms with E-state index in [1.807, 2.05) is 58.6 Å². The molecule has 5 rings (SSSR count). The third-order valence-electron chi connectivity index (χ3n) is 10.3. The molecule has 3 aliphatic rings. The van der Waals surface area contributed by atoms with Gasteiger partial charge in [-0.3, -0.25) is 9.69 Å². The van der Waals surface area contributed by atoms with Crippen molar-refractivity contribution < 1.29 is 33.0 Å². The van der Waals surface area contributed by atoms with Crippen molar-refractivity contribution in [1.82, 2.24) is 19.7 Å². The second kappa shape index (κ2) is 16.7. The van der Waals surface area contributed by atoms with E-state index in [-0.39, 0.29) is 36.6 Å². The summed E-state index contributed by atoms with van der Waals surface area (Å²) in [5.41, 5.74) is 0.445. The number of aromatic nitrogens is 1. The molecular weight excluding hydrogens is 780 g/mol. The molecule has 1 aromatic heterocycles. The van der Waals surface area contributed by atoms with E-state index in [0.717, 1.165) is 33.9 Å². The molecule has 1 saturated carbocycles. The van der Waals surface area contributed by atoms with Gasteiger partial charge < -0.3 is 28.4 Å². The molecule has 2 aliphatic heterocycles. The summed E-state index contributed by atoms with van der Waals surface area (Å²) >= 11 is 14.5. The molecule has 2 atom stereocenters. The van der Waals surface area contributed by atoms with E-state index in [1.54, 1.807) is 22.1 Å². The molecule has 1 aromatic carbocycles. The minimum atomic E-state index is -1.90. The molecule has 0 spiro atoms. The largest absolute Gasteiger partial charge is 0.444 e. The Bertz CT molecular complexity index is 1780. The van der Waals surface area contributed by atoms with Gasteiger partial charge in [-0.2, -0.15) is 0 Å². The zero-order valence-electron chi connectivity index (χ0n) is 34.2. The average Bonchev–Trinajstić information content (AvgIpc) is 3.78. The standard InChI is InChI=1S/C40H58Cl2N4O7SSi/c1-38(2,3)52-36(48)44-22-27-19-28(31-20-43-32(54-31)24-50-17-18-51-55(10,11)40(7,8)9)33(30(23-44)46(27)37(49)53-39(4,5)6)35(47)45(26-15-16-26)21-25-13-12-14-29(41)34(25)42/h12-14,20,26-27,30H,15-19,21-24H2,1-11H3/t27?,30-/m1/s1.